The Bertz CT molecular complexity index is 1920. The number of fused-ring (bicyclic) bond motifs is 1. The van der Waals surface area contributed by atoms with Crippen LogP contribution in [0.25, 0.3) is 22.2 Å². The van der Waals surface area contributed by atoms with Gasteiger partial charge in [0.25, 0.3) is 11.8 Å². The van der Waals surface area contributed by atoms with Gasteiger partial charge in [-0.3, -0.25) is 14.6 Å². The highest BCUT2D eigenvalue weighted by atomic mass is 19.1. The van der Waals surface area contributed by atoms with Crippen LogP contribution in [-0.4, -0.2) is 34.7 Å². The number of halogens is 2. The van der Waals surface area contributed by atoms with Crippen LogP contribution in [0.2, 0.25) is 0 Å². The third kappa shape index (κ3) is 5.68. The average molecular weight is 599 g/mol. The van der Waals surface area contributed by atoms with Gasteiger partial charge in [-0.2, -0.15) is 0 Å². The Kier molecular flexibility index (Phi) is 7.93. The molecule has 224 valence electrons. The molecule has 1 amide bonds. The van der Waals surface area contributed by atoms with Crippen molar-refractivity contribution in [2.24, 2.45) is 0 Å². The molecule has 0 radical (unpaired) electrons. The second-order valence-corrected chi connectivity index (χ2v) is 10.4. The summed E-state index contributed by atoms with van der Waals surface area (Å²) in [6, 6.07) is 12.8. The number of hydrogen-bond donors (Lipinski definition) is 1. The molecule has 0 spiro atoms. The minimum Gasteiger partial charge on any atom is -0.491 e. The molecule has 6 rings (SSSR count). The number of pyridine rings is 3. The Balaban J connectivity index is 1.28. The van der Waals surface area contributed by atoms with Crippen LogP contribution < -0.4 is 25.0 Å². The number of rotatable bonds is 8. The normalized spacial score (nSPS) is 13.2. The molecule has 1 fully saturated rings. The quantitative estimate of drug-likeness (QED) is 0.207. The molecule has 1 aliphatic carbocycles. The van der Waals surface area contributed by atoms with Gasteiger partial charge in [-0.05, 0) is 42.7 Å². The first-order valence-electron chi connectivity index (χ1n) is 14.0. The van der Waals surface area contributed by atoms with Gasteiger partial charge < -0.3 is 24.1 Å². The maximum Gasteiger partial charge on any atom is 0.261 e. The van der Waals surface area contributed by atoms with Crippen LogP contribution in [-0.2, 0) is 0 Å². The number of methoxy groups -OCH3 is 2. The Hall–Kier alpha value is -5.32. The maximum atomic E-state index is 15.3. The Morgan fingerprint density at radius 1 is 0.932 bits per heavy atom. The van der Waals surface area contributed by atoms with Crippen molar-refractivity contribution >= 4 is 22.6 Å². The number of hydrogen-bond acceptors (Lipinski definition) is 7. The zero-order valence-corrected chi connectivity index (χ0v) is 24.0. The van der Waals surface area contributed by atoms with Gasteiger partial charge in [0.1, 0.15) is 16.9 Å². The molecule has 3 heterocycles. The number of nitrogens with one attached hydrogen (secondary N) is 1. The largest absolute Gasteiger partial charge is 0.491 e. The maximum absolute atomic E-state index is 15.3. The lowest BCUT2D eigenvalue weighted by Crippen LogP contribution is -2.25. The first-order valence-corrected chi connectivity index (χ1v) is 14.0. The molecule has 1 N–H and O–H groups in total. The summed E-state index contributed by atoms with van der Waals surface area (Å²) >= 11 is 0. The first-order chi connectivity index (χ1) is 21.3. The van der Waals surface area contributed by atoms with Crippen molar-refractivity contribution in [1.29, 1.82) is 0 Å². The van der Waals surface area contributed by atoms with Crippen LogP contribution in [0.4, 0.5) is 14.5 Å². The van der Waals surface area contributed by atoms with Gasteiger partial charge in [-0.1, -0.05) is 25.0 Å². The zero-order chi connectivity index (χ0) is 30.8. The van der Waals surface area contributed by atoms with Crippen LogP contribution >= 0.6 is 0 Å². The van der Waals surface area contributed by atoms with E-state index in [0.717, 1.165) is 31.7 Å². The highest BCUT2D eigenvalue weighted by molar-refractivity contribution is 6.04. The highest BCUT2D eigenvalue weighted by Gasteiger charge is 2.22. The van der Waals surface area contributed by atoms with Crippen molar-refractivity contribution in [3.05, 3.63) is 101 Å². The predicted molar refractivity (Wildman–Crippen MR) is 161 cm³/mol. The van der Waals surface area contributed by atoms with E-state index in [1.165, 1.54) is 56.8 Å². The smallest absolute Gasteiger partial charge is 0.261 e. The van der Waals surface area contributed by atoms with E-state index in [2.05, 4.69) is 15.3 Å². The number of nitrogens with zero attached hydrogens (tertiary/aromatic N) is 3. The first kappa shape index (κ1) is 28.8. The minimum atomic E-state index is -0.753. The molecule has 1 aliphatic rings. The third-order valence-electron chi connectivity index (χ3n) is 7.62. The van der Waals surface area contributed by atoms with Crippen molar-refractivity contribution in [2.75, 3.05) is 19.5 Å². The molecule has 9 nitrogen and oxygen atoms in total. The van der Waals surface area contributed by atoms with E-state index in [1.807, 2.05) is 4.57 Å². The van der Waals surface area contributed by atoms with Crippen molar-refractivity contribution in [3.8, 4) is 34.3 Å². The molecule has 11 heteroatoms. The number of ether oxygens (including phenoxy) is 3. The van der Waals surface area contributed by atoms with Crippen molar-refractivity contribution in [2.45, 2.75) is 31.7 Å². The fraction of sp³-hybridized carbons (Fsp3) is 0.212. The average Bonchev–Trinajstić information content (AvgIpc) is 3.58. The van der Waals surface area contributed by atoms with Crippen LogP contribution in [0.3, 0.4) is 0 Å². The summed E-state index contributed by atoms with van der Waals surface area (Å²) in [5.74, 6) is -1.16. The topological polar surface area (TPSA) is 105 Å². The standard InChI is InChI=1S/C33H28F2N4O5/c1-42-29-16-26-30(38-33(29)43-2)28(13-14-36-26)44-27-12-11-21(15-25(27)35)37-32(41)24-18-39(22-5-3-4-6-22)17-23(31(24)40)19-7-9-20(34)10-8-19/h7-18,22H,3-6H2,1-2H3,(H,37,41). The fourth-order valence-corrected chi connectivity index (χ4v) is 5.37. The number of amides is 1. The summed E-state index contributed by atoms with van der Waals surface area (Å²) in [7, 11) is 2.93. The number of carbonyl (C=O) groups is 1. The van der Waals surface area contributed by atoms with E-state index in [4.69, 9.17) is 14.2 Å². The Labute approximate surface area is 251 Å². The van der Waals surface area contributed by atoms with Crippen LogP contribution in [0.5, 0.6) is 23.1 Å². The van der Waals surface area contributed by atoms with Gasteiger partial charge in [-0.25, -0.2) is 13.8 Å². The van der Waals surface area contributed by atoms with Crippen molar-refractivity contribution < 1.29 is 27.8 Å². The van der Waals surface area contributed by atoms with Gasteiger partial charge in [0, 0.05) is 54.1 Å². The molecule has 0 saturated heterocycles. The van der Waals surface area contributed by atoms with Gasteiger partial charge in [0.05, 0.1) is 19.7 Å². The summed E-state index contributed by atoms with van der Waals surface area (Å²) in [6.07, 6.45) is 8.69. The Morgan fingerprint density at radius 2 is 1.70 bits per heavy atom. The molecule has 0 unspecified atom stereocenters. The van der Waals surface area contributed by atoms with Crippen LogP contribution in [0, 0.1) is 11.6 Å². The van der Waals surface area contributed by atoms with E-state index in [9.17, 15) is 14.0 Å². The molecule has 3 aromatic heterocycles. The number of aromatic nitrogens is 3. The van der Waals surface area contributed by atoms with Gasteiger partial charge in [-0.15, -0.1) is 0 Å². The highest BCUT2D eigenvalue weighted by Crippen LogP contribution is 2.35. The van der Waals surface area contributed by atoms with Crippen molar-refractivity contribution in [1.82, 2.24) is 14.5 Å². The molecule has 1 saturated carbocycles. The summed E-state index contributed by atoms with van der Waals surface area (Å²) in [5, 5.41) is 2.63. The molecule has 0 atom stereocenters. The molecule has 0 bridgehead atoms. The van der Waals surface area contributed by atoms with Crippen LogP contribution in [0.15, 0.2) is 78.0 Å². The second kappa shape index (κ2) is 12.1. The van der Waals surface area contributed by atoms with E-state index in [0.29, 0.717) is 22.3 Å². The van der Waals surface area contributed by atoms with E-state index >= 15 is 4.39 Å². The van der Waals surface area contributed by atoms with E-state index < -0.39 is 23.0 Å². The molecular weight excluding hydrogens is 570 g/mol. The second-order valence-electron chi connectivity index (χ2n) is 10.4. The predicted octanol–water partition coefficient (Wildman–Crippen LogP) is 6.91. The summed E-state index contributed by atoms with van der Waals surface area (Å²) in [4.78, 5) is 35.6. The van der Waals surface area contributed by atoms with E-state index in [-0.39, 0.29) is 40.2 Å². The molecular formula is C33H28F2N4O5. The Morgan fingerprint density at radius 3 is 2.41 bits per heavy atom. The summed E-state index contributed by atoms with van der Waals surface area (Å²) < 4.78 is 47.1. The number of anilines is 1. The van der Waals surface area contributed by atoms with Crippen molar-refractivity contribution in [3.63, 3.8) is 0 Å². The lowest BCUT2D eigenvalue weighted by atomic mass is 10.0. The van der Waals surface area contributed by atoms with Gasteiger partial charge in [0.2, 0.25) is 5.43 Å². The third-order valence-corrected chi connectivity index (χ3v) is 7.62. The molecule has 2 aromatic carbocycles. The van der Waals surface area contributed by atoms with E-state index in [1.54, 1.807) is 24.5 Å². The van der Waals surface area contributed by atoms with Gasteiger partial charge in [0.15, 0.2) is 23.1 Å². The minimum absolute atomic E-state index is 0.0989. The molecule has 44 heavy (non-hydrogen) atoms. The molecule has 0 aliphatic heterocycles. The lowest BCUT2D eigenvalue weighted by molar-refractivity contribution is 0.102. The molecule has 5 aromatic rings. The number of carbonyl (C=O) groups excluding carboxylic acids is 1. The number of benzene rings is 2. The SMILES string of the molecule is COc1cc2nccc(Oc3ccc(NC(=O)c4cn(C5CCCC5)cc(-c5ccc(F)cc5)c4=O)cc3F)c2nc1OC. The van der Waals surface area contributed by atoms with Gasteiger partial charge >= 0.3 is 0 Å². The van der Waals surface area contributed by atoms with Crippen LogP contribution in [0.1, 0.15) is 42.1 Å². The lowest BCUT2D eigenvalue weighted by Gasteiger charge is -2.18. The fourth-order valence-electron chi connectivity index (χ4n) is 5.37. The summed E-state index contributed by atoms with van der Waals surface area (Å²) in [5.41, 5.74) is 1.09. The zero-order valence-electron chi connectivity index (χ0n) is 24.0. The summed E-state index contributed by atoms with van der Waals surface area (Å²) in [6.45, 7) is 0. The monoisotopic (exact) mass is 598 g/mol.